The summed E-state index contributed by atoms with van der Waals surface area (Å²) in [7, 11) is 1.60. The zero-order valence-corrected chi connectivity index (χ0v) is 22.3. The summed E-state index contributed by atoms with van der Waals surface area (Å²) in [4.78, 5) is 32.8. The van der Waals surface area contributed by atoms with Gasteiger partial charge >= 0.3 is 5.97 Å². The van der Waals surface area contributed by atoms with Crippen LogP contribution in [-0.4, -0.2) is 30.5 Å². The number of carbonyl (C=O) groups excluding carboxylic acids is 1. The first-order chi connectivity index (χ1) is 16.4. The predicted octanol–water partition coefficient (Wildman–Crippen LogP) is 4.29. The van der Waals surface area contributed by atoms with Crippen molar-refractivity contribution in [2.75, 3.05) is 20.0 Å². The molecule has 1 aliphatic rings. The van der Waals surface area contributed by atoms with Crippen molar-refractivity contribution in [3.05, 3.63) is 89.0 Å². The number of esters is 1. The Morgan fingerprint density at radius 1 is 1.26 bits per heavy atom. The number of fused-ring (bicyclic) bond motifs is 1. The minimum absolute atomic E-state index is 0.205. The lowest BCUT2D eigenvalue weighted by Gasteiger charge is -2.24. The van der Waals surface area contributed by atoms with Crippen molar-refractivity contribution in [3.8, 4) is 5.75 Å². The quantitative estimate of drug-likeness (QED) is 0.333. The summed E-state index contributed by atoms with van der Waals surface area (Å²) in [5, 5.41) is 0. The van der Waals surface area contributed by atoms with Crippen molar-refractivity contribution < 1.29 is 14.3 Å². The first-order valence-electron chi connectivity index (χ1n) is 10.5. The highest BCUT2D eigenvalue weighted by Gasteiger charge is 2.33. The third-order valence-electron chi connectivity index (χ3n) is 5.42. The molecule has 0 bridgehead atoms. The summed E-state index contributed by atoms with van der Waals surface area (Å²) < 4.78 is 13.6. The molecule has 1 atom stereocenters. The maximum atomic E-state index is 13.6. The Balaban J connectivity index is 1.92. The van der Waals surface area contributed by atoms with Crippen LogP contribution < -0.4 is 19.6 Å². The molecule has 0 fully saturated rings. The number of thiazole rings is 1. The molecule has 3 aromatic rings. The molecule has 0 spiro atoms. The van der Waals surface area contributed by atoms with Crippen LogP contribution in [0.25, 0.3) is 6.08 Å². The number of allylic oxidation sites excluding steroid dienone is 1. The molecule has 176 valence electrons. The highest BCUT2D eigenvalue weighted by atomic mass is 79.9. The zero-order valence-electron chi connectivity index (χ0n) is 19.1. The average Bonchev–Trinajstić information content (AvgIpc) is 3.12. The zero-order chi connectivity index (χ0) is 24.4. The standard InChI is InChI=1S/C25H23BrN2O4S2/c1-5-32-24(30)21-14(2)27-25-28(22(21)16-7-9-17(33-4)10-8-16)23(29)20(34-25)13-15-6-11-19(31-3)18(26)12-15/h6-13,22H,5H2,1-4H3/b20-13-/t22-/m1/s1. The van der Waals surface area contributed by atoms with Crippen molar-refractivity contribution in [2.24, 2.45) is 4.99 Å². The van der Waals surface area contributed by atoms with E-state index in [1.54, 1.807) is 37.3 Å². The summed E-state index contributed by atoms with van der Waals surface area (Å²) >= 11 is 6.42. The van der Waals surface area contributed by atoms with Gasteiger partial charge in [-0.15, -0.1) is 11.8 Å². The molecule has 0 aliphatic carbocycles. The van der Waals surface area contributed by atoms with Gasteiger partial charge in [0.05, 0.1) is 40.0 Å². The Hall–Kier alpha value is -2.62. The number of aromatic nitrogens is 1. The second-order valence-corrected chi connectivity index (χ2v) is 10.2. The Labute approximate surface area is 213 Å². The molecular formula is C25H23BrN2O4S2. The van der Waals surface area contributed by atoms with Gasteiger partial charge < -0.3 is 9.47 Å². The second kappa shape index (κ2) is 10.3. The fourth-order valence-electron chi connectivity index (χ4n) is 3.82. The number of hydrogen-bond donors (Lipinski definition) is 0. The SMILES string of the molecule is CCOC(=O)C1=C(C)N=c2s/c(=C\c3ccc(OC)c(Br)c3)c(=O)n2[C@@H]1c1ccc(SC)cc1. The Morgan fingerprint density at radius 3 is 2.62 bits per heavy atom. The van der Waals surface area contributed by atoms with E-state index < -0.39 is 12.0 Å². The van der Waals surface area contributed by atoms with Gasteiger partial charge in [0.1, 0.15) is 5.75 Å². The summed E-state index contributed by atoms with van der Waals surface area (Å²) in [5.74, 6) is 0.248. The lowest BCUT2D eigenvalue weighted by molar-refractivity contribution is -0.139. The van der Waals surface area contributed by atoms with Crippen molar-refractivity contribution in [3.63, 3.8) is 0 Å². The predicted molar refractivity (Wildman–Crippen MR) is 139 cm³/mol. The van der Waals surface area contributed by atoms with E-state index in [0.29, 0.717) is 26.4 Å². The Bertz CT molecular complexity index is 1460. The van der Waals surface area contributed by atoms with Gasteiger partial charge in [-0.25, -0.2) is 9.79 Å². The molecule has 9 heteroatoms. The smallest absolute Gasteiger partial charge is 0.338 e. The van der Waals surface area contributed by atoms with Crippen molar-refractivity contribution in [2.45, 2.75) is 24.8 Å². The molecule has 2 heterocycles. The first-order valence-corrected chi connectivity index (χ1v) is 13.4. The van der Waals surface area contributed by atoms with Crippen LogP contribution in [0.2, 0.25) is 0 Å². The van der Waals surface area contributed by atoms with E-state index in [2.05, 4.69) is 20.9 Å². The molecule has 1 aromatic heterocycles. The molecule has 4 rings (SSSR count). The molecule has 2 aromatic carbocycles. The maximum absolute atomic E-state index is 13.6. The topological polar surface area (TPSA) is 69.9 Å². The number of methoxy groups -OCH3 is 1. The third-order valence-corrected chi connectivity index (χ3v) is 7.77. The molecule has 0 saturated carbocycles. The molecule has 1 aliphatic heterocycles. The van der Waals surface area contributed by atoms with E-state index in [0.717, 1.165) is 20.5 Å². The van der Waals surface area contributed by atoms with Gasteiger partial charge in [-0.1, -0.05) is 29.5 Å². The van der Waals surface area contributed by atoms with E-state index in [1.807, 2.05) is 54.8 Å². The van der Waals surface area contributed by atoms with Crippen molar-refractivity contribution >= 4 is 51.1 Å². The monoisotopic (exact) mass is 558 g/mol. The molecule has 6 nitrogen and oxygen atoms in total. The lowest BCUT2D eigenvalue weighted by atomic mass is 9.96. The van der Waals surface area contributed by atoms with E-state index in [-0.39, 0.29) is 12.2 Å². The van der Waals surface area contributed by atoms with Crippen molar-refractivity contribution in [1.29, 1.82) is 0 Å². The normalized spacial score (nSPS) is 15.7. The molecule has 0 unspecified atom stereocenters. The number of carbonyl (C=O) groups is 1. The molecule has 34 heavy (non-hydrogen) atoms. The van der Waals surface area contributed by atoms with Gasteiger partial charge in [-0.05, 0) is 77.5 Å². The van der Waals surface area contributed by atoms with Crippen LogP contribution in [-0.2, 0) is 9.53 Å². The molecule has 0 saturated heterocycles. The molecule has 0 amide bonds. The number of thioether (sulfide) groups is 1. The largest absolute Gasteiger partial charge is 0.496 e. The fraction of sp³-hybridized carbons (Fsp3) is 0.240. The van der Waals surface area contributed by atoms with Gasteiger partial charge in [-0.2, -0.15) is 0 Å². The van der Waals surface area contributed by atoms with Crippen LogP contribution in [0.4, 0.5) is 0 Å². The summed E-state index contributed by atoms with van der Waals surface area (Å²) in [6.45, 7) is 3.79. The van der Waals surface area contributed by atoms with Crippen LogP contribution in [0.5, 0.6) is 5.75 Å². The van der Waals surface area contributed by atoms with Gasteiger partial charge in [-0.3, -0.25) is 9.36 Å². The maximum Gasteiger partial charge on any atom is 0.338 e. The molecular weight excluding hydrogens is 536 g/mol. The second-order valence-electron chi connectivity index (χ2n) is 7.47. The number of ether oxygens (including phenoxy) is 2. The number of halogens is 1. The van der Waals surface area contributed by atoms with E-state index >= 15 is 0 Å². The van der Waals surface area contributed by atoms with Crippen molar-refractivity contribution in [1.82, 2.24) is 4.57 Å². The van der Waals surface area contributed by atoms with Crippen LogP contribution >= 0.6 is 39.0 Å². The summed E-state index contributed by atoms with van der Waals surface area (Å²) in [6.07, 6.45) is 3.83. The van der Waals surface area contributed by atoms with E-state index in [9.17, 15) is 9.59 Å². The highest BCUT2D eigenvalue weighted by molar-refractivity contribution is 9.10. The number of hydrogen-bond acceptors (Lipinski definition) is 7. The fourth-order valence-corrected chi connectivity index (χ4v) is 5.83. The van der Waals surface area contributed by atoms with Crippen LogP contribution in [0, 0.1) is 0 Å². The lowest BCUT2D eigenvalue weighted by Crippen LogP contribution is -2.39. The first kappa shape index (κ1) is 24.5. The average molecular weight is 560 g/mol. The van der Waals surface area contributed by atoms with Gasteiger partial charge in [0, 0.05) is 4.90 Å². The number of rotatable bonds is 6. The van der Waals surface area contributed by atoms with Gasteiger partial charge in [0.2, 0.25) is 0 Å². The van der Waals surface area contributed by atoms with E-state index in [4.69, 9.17) is 9.47 Å². The van der Waals surface area contributed by atoms with E-state index in [1.165, 1.54) is 11.3 Å². The summed E-state index contributed by atoms with van der Waals surface area (Å²) in [6, 6.07) is 12.9. The summed E-state index contributed by atoms with van der Waals surface area (Å²) in [5.41, 5.74) is 2.40. The number of benzene rings is 2. The minimum Gasteiger partial charge on any atom is -0.496 e. The van der Waals surface area contributed by atoms with Gasteiger partial charge in [0.25, 0.3) is 5.56 Å². The third kappa shape index (κ3) is 4.64. The Morgan fingerprint density at radius 2 is 2.00 bits per heavy atom. The van der Waals surface area contributed by atoms with Crippen LogP contribution in [0.1, 0.15) is 31.0 Å². The number of nitrogens with zero attached hydrogens (tertiary/aromatic N) is 2. The van der Waals surface area contributed by atoms with Crippen LogP contribution in [0.3, 0.4) is 0 Å². The molecule has 0 radical (unpaired) electrons. The highest BCUT2D eigenvalue weighted by Crippen LogP contribution is 2.32. The van der Waals surface area contributed by atoms with Gasteiger partial charge in [0.15, 0.2) is 4.80 Å². The Kier molecular flexibility index (Phi) is 7.45. The molecule has 0 N–H and O–H groups in total. The minimum atomic E-state index is -0.615. The van der Waals surface area contributed by atoms with Crippen LogP contribution in [0.15, 0.2) is 72.9 Å².